The van der Waals surface area contributed by atoms with E-state index < -0.39 is 0 Å². The topological polar surface area (TPSA) is 17.1 Å². The van der Waals surface area contributed by atoms with Gasteiger partial charge in [0.15, 0.2) is 0 Å². The van der Waals surface area contributed by atoms with E-state index in [0.717, 1.165) is 19.3 Å². The molecule has 0 radical (unpaired) electrons. The summed E-state index contributed by atoms with van der Waals surface area (Å²) in [5.74, 6) is 1.64. The number of ketones is 1. The average molecular weight is 226 g/mol. The van der Waals surface area contributed by atoms with Crippen LogP contribution in [0.15, 0.2) is 17.5 Å². The van der Waals surface area contributed by atoms with Gasteiger partial charge in [-0.3, -0.25) is 4.79 Å². The Bertz CT molecular complexity index is 286. The highest BCUT2D eigenvalue weighted by Gasteiger charge is 2.22. The van der Waals surface area contributed by atoms with Gasteiger partial charge in [0.1, 0.15) is 5.78 Å². The first-order valence-corrected chi connectivity index (χ1v) is 6.96. The van der Waals surface area contributed by atoms with Crippen molar-refractivity contribution in [3.8, 4) is 0 Å². The van der Waals surface area contributed by atoms with E-state index in [2.05, 4.69) is 17.5 Å². The van der Waals surface area contributed by atoms with Gasteiger partial charge in [0.2, 0.25) is 0 Å². The molecule has 0 N–H and O–H groups in total. The van der Waals surface area contributed by atoms with Gasteiger partial charge >= 0.3 is 0 Å². The average Bonchev–Trinajstić information content (AvgIpc) is 2.87. The van der Waals surface area contributed by atoms with Crippen LogP contribution in [0.1, 0.15) is 24.1 Å². The maximum Gasteiger partial charge on any atom is 0.146 e. The van der Waals surface area contributed by atoms with Crippen LogP contribution in [0.25, 0.3) is 0 Å². The van der Waals surface area contributed by atoms with Crippen LogP contribution in [-0.4, -0.2) is 16.8 Å². The Morgan fingerprint density at radius 2 is 2.50 bits per heavy atom. The standard InChI is InChI=1S/C11H14OS2/c12-10(11-4-2-8-14-11)6-5-9-3-1-7-13-9/h1,3,7,11H,2,4-6,8H2. The second-order valence-corrected chi connectivity index (χ2v) is 5.89. The summed E-state index contributed by atoms with van der Waals surface area (Å²) >= 11 is 3.59. The highest BCUT2D eigenvalue weighted by Crippen LogP contribution is 2.28. The molecule has 2 heterocycles. The van der Waals surface area contributed by atoms with Gasteiger partial charge in [0, 0.05) is 11.3 Å². The fourth-order valence-electron chi connectivity index (χ4n) is 1.69. The molecule has 0 spiro atoms. The second kappa shape index (κ2) is 4.99. The summed E-state index contributed by atoms with van der Waals surface area (Å²) in [4.78, 5) is 13.1. The predicted molar refractivity (Wildman–Crippen MR) is 63.1 cm³/mol. The summed E-state index contributed by atoms with van der Waals surface area (Å²) < 4.78 is 0. The van der Waals surface area contributed by atoms with Gasteiger partial charge < -0.3 is 0 Å². The maximum absolute atomic E-state index is 11.7. The lowest BCUT2D eigenvalue weighted by molar-refractivity contribution is -0.118. The van der Waals surface area contributed by atoms with Gasteiger partial charge in [-0.1, -0.05) is 6.07 Å². The Hall–Kier alpha value is -0.280. The molecule has 14 heavy (non-hydrogen) atoms. The van der Waals surface area contributed by atoms with Crippen molar-refractivity contribution in [3.05, 3.63) is 22.4 Å². The van der Waals surface area contributed by atoms with E-state index >= 15 is 0 Å². The fourth-order valence-corrected chi connectivity index (χ4v) is 3.66. The third kappa shape index (κ3) is 2.61. The van der Waals surface area contributed by atoms with Crippen molar-refractivity contribution in [2.24, 2.45) is 0 Å². The molecule has 0 amide bonds. The Morgan fingerprint density at radius 3 is 3.14 bits per heavy atom. The minimum absolute atomic E-state index is 0.315. The van der Waals surface area contributed by atoms with E-state index in [-0.39, 0.29) is 0 Å². The zero-order valence-electron chi connectivity index (χ0n) is 8.07. The molecule has 0 bridgehead atoms. The van der Waals surface area contributed by atoms with Crippen molar-refractivity contribution in [3.63, 3.8) is 0 Å². The van der Waals surface area contributed by atoms with Gasteiger partial charge in [-0.2, -0.15) is 11.8 Å². The Kier molecular flexibility index (Phi) is 3.65. The number of carbonyl (C=O) groups excluding carboxylic acids is 1. The molecule has 1 unspecified atom stereocenters. The lowest BCUT2D eigenvalue weighted by Crippen LogP contribution is -2.14. The first kappa shape index (κ1) is 10.2. The van der Waals surface area contributed by atoms with E-state index in [1.54, 1.807) is 11.3 Å². The first-order chi connectivity index (χ1) is 6.86. The Balaban J connectivity index is 1.77. The van der Waals surface area contributed by atoms with Crippen molar-refractivity contribution in [1.82, 2.24) is 0 Å². The highest BCUT2D eigenvalue weighted by molar-refractivity contribution is 8.00. The van der Waals surface area contributed by atoms with Crippen LogP contribution in [0.4, 0.5) is 0 Å². The van der Waals surface area contributed by atoms with Crippen LogP contribution in [0.2, 0.25) is 0 Å². The van der Waals surface area contributed by atoms with Crippen LogP contribution in [0.3, 0.4) is 0 Å². The zero-order chi connectivity index (χ0) is 9.80. The number of aryl methyl sites for hydroxylation is 1. The van der Waals surface area contributed by atoms with Crippen molar-refractivity contribution < 1.29 is 4.79 Å². The second-order valence-electron chi connectivity index (χ2n) is 3.55. The molecule has 0 saturated carbocycles. The number of hydrogen-bond donors (Lipinski definition) is 0. The van der Waals surface area contributed by atoms with Gasteiger partial charge in [-0.25, -0.2) is 0 Å². The molecule has 76 valence electrons. The van der Waals surface area contributed by atoms with Crippen molar-refractivity contribution in [2.45, 2.75) is 30.9 Å². The van der Waals surface area contributed by atoms with Crippen LogP contribution in [0.5, 0.6) is 0 Å². The smallest absolute Gasteiger partial charge is 0.146 e. The lowest BCUT2D eigenvalue weighted by atomic mass is 10.1. The van der Waals surface area contributed by atoms with Crippen LogP contribution < -0.4 is 0 Å². The number of carbonyl (C=O) groups is 1. The maximum atomic E-state index is 11.7. The van der Waals surface area contributed by atoms with E-state index in [0.29, 0.717) is 11.0 Å². The van der Waals surface area contributed by atoms with Gasteiger partial charge in [0.05, 0.1) is 5.25 Å². The summed E-state index contributed by atoms with van der Waals surface area (Å²) in [5, 5.41) is 2.39. The molecule has 1 aromatic heterocycles. The molecule has 1 saturated heterocycles. The molecule has 1 fully saturated rings. The third-order valence-corrected chi connectivity index (χ3v) is 4.85. The van der Waals surface area contributed by atoms with E-state index in [4.69, 9.17) is 0 Å². The van der Waals surface area contributed by atoms with Crippen LogP contribution in [-0.2, 0) is 11.2 Å². The number of hydrogen-bond acceptors (Lipinski definition) is 3. The largest absolute Gasteiger partial charge is 0.298 e. The van der Waals surface area contributed by atoms with E-state index in [1.165, 1.54) is 17.1 Å². The number of thiophene rings is 1. The monoisotopic (exact) mass is 226 g/mol. The minimum Gasteiger partial charge on any atom is -0.298 e. The minimum atomic E-state index is 0.315. The molecule has 0 aliphatic carbocycles. The molecule has 2 rings (SSSR count). The summed E-state index contributed by atoms with van der Waals surface area (Å²) in [5.41, 5.74) is 0. The molecule has 1 aliphatic heterocycles. The van der Waals surface area contributed by atoms with Gasteiger partial charge in [0.25, 0.3) is 0 Å². The summed E-state index contributed by atoms with van der Waals surface area (Å²) in [6.07, 6.45) is 4.00. The molecule has 1 aliphatic rings. The molecule has 1 atom stereocenters. The molecular weight excluding hydrogens is 212 g/mol. The van der Waals surface area contributed by atoms with Crippen molar-refractivity contribution in [1.29, 1.82) is 0 Å². The van der Waals surface area contributed by atoms with E-state index in [1.807, 2.05) is 11.8 Å². The summed E-state index contributed by atoms with van der Waals surface area (Å²) in [6.45, 7) is 0. The number of rotatable bonds is 4. The number of thioether (sulfide) groups is 1. The lowest BCUT2D eigenvalue weighted by Gasteiger charge is -2.05. The van der Waals surface area contributed by atoms with Gasteiger partial charge in [-0.15, -0.1) is 11.3 Å². The molecule has 0 aromatic carbocycles. The number of Topliss-reactive ketones (excluding diaryl/α,β-unsaturated/α-hetero) is 1. The SMILES string of the molecule is O=C(CCc1cccs1)C1CCCS1. The zero-order valence-corrected chi connectivity index (χ0v) is 9.70. The van der Waals surface area contributed by atoms with Crippen LogP contribution in [0, 0.1) is 0 Å². The quantitative estimate of drug-likeness (QED) is 0.784. The van der Waals surface area contributed by atoms with Crippen molar-refractivity contribution in [2.75, 3.05) is 5.75 Å². The molecular formula is C11H14OS2. The normalized spacial score (nSPS) is 21.3. The van der Waals surface area contributed by atoms with Crippen LogP contribution >= 0.6 is 23.1 Å². The molecule has 1 aromatic rings. The first-order valence-electron chi connectivity index (χ1n) is 5.03. The molecule has 1 nitrogen and oxygen atoms in total. The van der Waals surface area contributed by atoms with Gasteiger partial charge in [-0.05, 0) is 36.5 Å². The Morgan fingerprint density at radius 1 is 1.57 bits per heavy atom. The molecule has 3 heteroatoms. The highest BCUT2D eigenvalue weighted by atomic mass is 32.2. The fraction of sp³-hybridized carbons (Fsp3) is 0.545. The van der Waals surface area contributed by atoms with Crippen molar-refractivity contribution >= 4 is 28.9 Å². The Labute approximate surface area is 92.9 Å². The summed E-state index contributed by atoms with van der Waals surface area (Å²) in [6, 6.07) is 4.16. The summed E-state index contributed by atoms with van der Waals surface area (Å²) in [7, 11) is 0. The third-order valence-electron chi connectivity index (χ3n) is 2.49. The van der Waals surface area contributed by atoms with E-state index in [9.17, 15) is 4.79 Å². The predicted octanol–water partition coefficient (Wildman–Crippen LogP) is 3.15.